The second-order valence-electron chi connectivity index (χ2n) is 8.41. The molecule has 3 heterocycles. The number of amides is 1. The third kappa shape index (κ3) is 3.54. The van der Waals surface area contributed by atoms with E-state index >= 15 is 0 Å². The van der Waals surface area contributed by atoms with Gasteiger partial charge in [-0.25, -0.2) is 0 Å². The summed E-state index contributed by atoms with van der Waals surface area (Å²) in [6.45, 7) is 2.81. The normalized spacial score (nSPS) is 16.0. The fourth-order valence-corrected chi connectivity index (χ4v) is 4.73. The number of fused-ring (bicyclic) bond motifs is 2. The van der Waals surface area contributed by atoms with E-state index < -0.39 is 6.04 Å². The molecule has 2 N–H and O–H groups in total. The van der Waals surface area contributed by atoms with Crippen molar-refractivity contribution in [3.63, 3.8) is 0 Å². The molecule has 176 valence electrons. The molecular formula is C27H23N3O5. The number of ether oxygens (including phenoxy) is 3. The fraction of sp³-hybridized carbons (Fsp3) is 0.185. The van der Waals surface area contributed by atoms with Crippen molar-refractivity contribution in [1.82, 2.24) is 15.1 Å². The summed E-state index contributed by atoms with van der Waals surface area (Å²) in [6.07, 6.45) is 0. The molecule has 4 aromatic rings. The van der Waals surface area contributed by atoms with Crippen LogP contribution in [0, 0.1) is 0 Å². The number of carbonyl (C=O) groups is 1. The molecule has 3 aromatic carbocycles. The second-order valence-corrected chi connectivity index (χ2v) is 8.41. The van der Waals surface area contributed by atoms with Crippen molar-refractivity contribution in [2.45, 2.75) is 19.5 Å². The molecule has 0 spiro atoms. The lowest BCUT2D eigenvalue weighted by molar-refractivity contribution is 0.0729. The van der Waals surface area contributed by atoms with Crippen LogP contribution in [0.1, 0.15) is 40.1 Å². The van der Waals surface area contributed by atoms with Crippen LogP contribution >= 0.6 is 0 Å². The van der Waals surface area contributed by atoms with E-state index in [2.05, 4.69) is 10.2 Å². The van der Waals surface area contributed by atoms with Gasteiger partial charge in [0.15, 0.2) is 23.0 Å². The van der Waals surface area contributed by atoms with Crippen LogP contribution in [0.5, 0.6) is 23.0 Å². The average molecular weight is 469 g/mol. The number of aromatic amines is 1. The van der Waals surface area contributed by atoms with Gasteiger partial charge in [-0.05, 0) is 42.3 Å². The Morgan fingerprint density at radius 2 is 1.91 bits per heavy atom. The van der Waals surface area contributed by atoms with Crippen LogP contribution in [-0.4, -0.2) is 39.5 Å². The van der Waals surface area contributed by atoms with Gasteiger partial charge in [-0.15, -0.1) is 0 Å². The molecule has 0 aliphatic carbocycles. The molecule has 0 radical (unpaired) electrons. The van der Waals surface area contributed by atoms with E-state index in [1.54, 1.807) is 17.0 Å². The molecule has 0 fully saturated rings. The zero-order chi connectivity index (χ0) is 23.9. The molecule has 6 rings (SSSR count). The van der Waals surface area contributed by atoms with Crippen LogP contribution in [0.2, 0.25) is 0 Å². The summed E-state index contributed by atoms with van der Waals surface area (Å²) in [5, 5.41) is 17.8. The van der Waals surface area contributed by atoms with Gasteiger partial charge in [-0.3, -0.25) is 9.89 Å². The molecule has 8 heteroatoms. The maximum absolute atomic E-state index is 13.7. The SMILES string of the molecule is CCOc1cc(C2c3c(-c4ccccc4)n[nH]c3C(=O)N2Cc2ccc3c(c2)OCO3)ccc1O. The Labute approximate surface area is 201 Å². The van der Waals surface area contributed by atoms with Crippen molar-refractivity contribution in [1.29, 1.82) is 0 Å². The smallest absolute Gasteiger partial charge is 0.273 e. The molecule has 2 aliphatic heterocycles. The van der Waals surface area contributed by atoms with E-state index in [1.165, 1.54) is 0 Å². The number of hydrogen-bond donors (Lipinski definition) is 2. The fourth-order valence-electron chi connectivity index (χ4n) is 4.73. The first kappa shape index (κ1) is 21.1. The van der Waals surface area contributed by atoms with E-state index in [0.717, 1.165) is 27.9 Å². The van der Waals surface area contributed by atoms with Crippen LogP contribution in [0.4, 0.5) is 0 Å². The summed E-state index contributed by atoms with van der Waals surface area (Å²) in [7, 11) is 0. The Balaban J connectivity index is 1.47. The maximum Gasteiger partial charge on any atom is 0.273 e. The lowest BCUT2D eigenvalue weighted by atomic mass is 9.95. The maximum atomic E-state index is 13.7. The summed E-state index contributed by atoms with van der Waals surface area (Å²) in [6, 6.07) is 20.3. The van der Waals surface area contributed by atoms with E-state index in [0.29, 0.717) is 36.1 Å². The van der Waals surface area contributed by atoms with Crippen LogP contribution in [0.3, 0.4) is 0 Å². The highest BCUT2D eigenvalue weighted by molar-refractivity contribution is 6.00. The number of benzene rings is 3. The monoisotopic (exact) mass is 469 g/mol. The Bertz CT molecular complexity index is 1420. The molecule has 1 amide bonds. The molecule has 1 aromatic heterocycles. The van der Waals surface area contributed by atoms with Gasteiger partial charge in [-0.2, -0.15) is 5.10 Å². The van der Waals surface area contributed by atoms with Gasteiger partial charge in [0.1, 0.15) is 5.69 Å². The minimum Gasteiger partial charge on any atom is -0.504 e. The summed E-state index contributed by atoms with van der Waals surface area (Å²) in [4.78, 5) is 15.5. The number of carbonyl (C=O) groups excluding carboxylic acids is 1. The molecule has 1 atom stereocenters. The number of phenolic OH excluding ortho intramolecular Hbond substituents is 1. The van der Waals surface area contributed by atoms with Gasteiger partial charge >= 0.3 is 0 Å². The van der Waals surface area contributed by atoms with Crippen molar-refractivity contribution in [3.8, 4) is 34.3 Å². The second kappa shape index (κ2) is 8.39. The predicted octanol–water partition coefficient (Wildman–Crippen LogP) is 4.66. The summed E-state index contributed by atoms with van der Waals surface area (Å²) >= 11 is 0. The number of phenols is 1. The number of H-pyrrole nitrogens is 1. The van der Waals surface area contributed by atoms with E-state index in [9.17, 15) is 9.90 Å². The van der Waals surface area contributed by atoms with Gasteiger partial charge in [0.25, 0.3) is 5.91 Å². The van der Waals surface area contributed by atoms with Crippen molar-refractivity contribution < 1.29 is 24.1 Å². The van der Waals surface area contributed by atoms with Crippen molar-refractivity contribution in [2.75, 3.05) is 13.4 Å². The standard InChI is InChI=1S/C27H23N3O5/c1-2-33-21-13-18(9-10-19(21)31)26-23-24(17-6-4-3-5-7-17)28-29-25(23)27(32)30(26)14-16-8-11-20-22(12-16)35-15-34-20/h3-13,26,31H,2,14-15H2,1H3,(H,28,29). The number of aromatic hydroxyl groups is 1. The first-order valence-corrected chi connectivity index (χ1v) is 11.4. The average Bonchev–Trinajstić information content (AvgIpc) is 3.58. The lowest BCUT2D eigenvalue weighted by Crippen LogP contribution is -2.29. The summed E-state index contributed by atoms with van der Waals surface area (Å²) < 4.78 is 16.6. The number of hydrogen-bond acceptors (Lipinski definition) is 6. The Morgan fingerprint density at radius 1 is 1.09 bits per heavy atom. The molecule has 0 saturated carbocycles. The zero-order valence-electron chi connectivity index (χ0n) is 19.0. The van der Waals surface area contributed by atoms with E-state index in [1.807, 2.05) is 61.5 Å². The highest BCUT2D eigenvalue weighted by Crippen LogP contribution is 2.45. The molecule has 2 aliphatic rings. The summed E-state index contributed by atoms with van der Waals surface area (Å²) in [5.41, 5.74) is 4.62. The molecular weight excluding hydrogens is 446 g/mol. The van der Waals surface area contributed by atoms with E-state index in [4.69, 9.17) is 14.2 Å². The first-order valence-electron chi connectivity index (χ1n) is 11.4. The Hall–Kier alpha value is -4.46. The molecule has 8 nitrogen and oxygen atoms in total. The highest BCUT2D eigenvalue weighted by atomic mass is 16.7. The van der Waals surface area contributed by atoms with Crippen LogP contribution < -0.4 is 14.2 Å². The molecule has 1 unspecified atom stereocenters. The first-order chi connectivity index (χ1) is 17.1. The number of nitrogens with one attached hydrogen (secondary N) is 1. The van der Waals surface area contributed by atoms with Gasteiger partial charge in [0.05, 0.1) is 18.3 Å². The van der Waals surface area contributed by atoms with Crippen LogP contribution in [-0.2, 0) is 6.54 Å². The quantitative estimate of drug-likeness (QED) is 0.427. The number of nitrogens with zero attached hydrogens (tertiary/aromatic N) is 2. The van der Waals surface area contributed by atoms with Crippen LogP contribution in [0.15, 0.2) is 66.7 Å². The van der Waals surface area contributed by atoms with Gasteiger partial charge < -0.3 is 24.2 Å². The molecule has 0 saturated heterocycles. The predicted molar refractivity (Wildman–Crippen MR) is 128 cm³/mol. The number of aromatic nitrogens is 2. The Kier molecular flexibility index (Phi) is 5.06. The van der Waals surface area contributed by atoms with Gasteiger partial charge in [0, 0.05) is 17.7 Å². The van der Waals surface area contributed by atoms with Crippen LogP contribution in [0.25, 0.3) is 11.3 Å². The minimum atomic E-state index is -0.434. The zero-order valence-corrected chi connectivity index (χ0v) is 19.0. The molecule has 0 bridgehead atoms. The topological polar surface area (TPSA) is 96.9 Å². The van der Waals surface area contributed by atoms with Crippen molar-refractivity contribution in [2.24, 2.45) is 0 Å². The third-order valence-electron chi connectivity index (χ3n) is 6.30. The third-order valence-corrected chi connectivity index (χ3v) is 6.30. The van der Waals surface area contributed by atoms with Gasteiger partial charge in [-0.1, -0.05) is 42.5 Å². The largest absolute Gasteiger partial charge is 0.504 e. The van der Waals surface area contributed by atoms with Crippen molar-refractivity contribution in [3.05, 3.63) is 89.1 Å². The Morgan fingerprint density at radius 3 is 2.74 bits per heavy atom. The minimum absolute atomic E-state index is 0.0537. The van der Waals surface area contributed by atoms with Gasteiger partial charge in [0.2, 0.25) is 6.79 Å². The number of rotatable bonds is 6. The lowest BCUT2D eigenvalue weighted by Gasteiger charge is -2.27. The molecule has 35 heavy (non-hydrogen) atoms. The van der Waals surface area contributed by atoms with E-state index in [-0.39, 0.29) is 18.4 Å². The van der Waals surface area contributed by atoms with Crippen molar-refractivity contribution >= 4 is 5.91 Å². The highest BCUT2D eigenvalue weighted by Gasteiger charge is 2.42. The summed E-state index contributed by atoms with van der Waals surface area (Å²) in [5.74, 6) is 1.64.